The molecule has 0 saturated carbocycles. The predicted octanol–water partition coefficient (Wildman–Crippen LogP) is -0.232. The summed E-state index contributed by atoms with van der Waals surface area (Å²) in [7, 11) is 0. The highest BCUT2D eigenvalue weighted by Gasteiger charge is 2.38. The first-order valence-corrected chi connectivity index (χ1v) is 2.02. The fraction of sp³-hybridized carbons (Fsp3) is 1.00. The standard InChI is InChI=1S/C4H8O2/c1-4(2-5)3-6-4/h5H,2-3H2,1H3/t4-/m0/s1. The van der Waals surface area contributed by atoms with Crippen molar-refractivity contribution in [2.24, 2.45) is 0 Å². The summed E-state index contributed by atoms with van der Waals surface area (Å²) in [5, 5.41) is 8.34. The van der Waals surface area contributed by atoms with Crippen LogP contribution in [-0.2, 0) is 4.74 Å². The lowest BCUT2D eigenvalue weighted by molar-refractivity contribution is 0.185. The second kappa shape index (κ2) is 0.950. The zero-order valence-corrected chi connectivity index (χ0v) is 3.77. The normalized spacial score (nSPS) is 43.0. The highest BCUT2D eigenvalue weighted by atomic mass is 16.6. The van der Waals surface area contributed by atoms with Crippen LogP contribution in [0.2, 0.25) is 0 Å². The zero-order chi connectivity index (χ0) is 4.62. The van der Waals surface area contributed by atoms with Gasteiger partial charge in [-0.05, 0) is 6.92 Å². The smallest absolute Gasteiger partial charge is 0.112 e. The van der Waals surface area contributed by atoms with Gasteiger partial charge in [-0.2, -0.15) is 0 Å². The fourth-order valence-electron chi connectivity index (χ4n) is 0.214. The van der Waals surface area contributed by atoms with Crippen molar-refractivity contribution in [3.05, 3.63) is 0 Å². The van der Waals surface area contributed by atoms with Crippen molar-refractivity contribution in [2.45, 2.75) is 12.5 Å². The topological polar surface area (TPSA) is 32.8 Å². The van der Waals surface area contributed by atoms with Crippen LogP contribution in [0, 0.1) is 0 Å². The van der Waals surface area contributed by atoms with Gasteiger partial charge in [0.1, 0.15) is 5.60 Å². The van der Waals surface area contributed by atoms with Crippen molar-refractivity contribution in [3.63, 3.8) is 0 Å². The highest BCUT2D eigenvalue weighted by Crippen LogP contribution is 2.23. The molecule has 0 spiro atoms. The van der Waals surface area contributed by atoms with Gasteiger partial charge in [-0.1, -0.05) is 0 Å². The molecule has 0 bridgehead atoms. The third kappa shape index (κ3) is 0.533. The summed E-state index contributed by atoms with van der Waals surface area (Å²) in [4.78, 5) is 0. The average Bonchev–Trinajstić information content (AvgIpc) is 2.22. The van der Waals surface area contributed by atoms with E-state index in [9.17, 15) is 0 Å². The van der Waals surface area contributed by atoms with Crippen LogP contribution in [0.25, 0.3) is 0 Å². The lowest BCUT2D eigenvalue weighted by Crippen LogP contribution is -2.09. The van der Waals surface area contributed by atoms with Crippen LogP contribution in [0.3, 0.4) is 0 Å². The quantitative estimate of drug-likeness (QED) is 0.449. The van der Waals surface area contributed by atoms with Crippen molar-refractivity contribution in [1.82, 2.24) is 0 Å². The van der Waals surface area contributed by atoms with E-state index < -0.39 is 0 Å². The van der Waals surface area contributed by atoms with Crippen molar-refractivity contribution in [2.75, 3.05) is 13.2 Å². The molecule has 1 aliphatic rings. The monoisotopic (exact) mass is 88.1 g/mol. The van der Waals surface area contributed by atoms with Gasteiger partial charge >= 0.3 is 0 Å². The van der Waals surface area contributed by atoms with E-state index in [1.165, 1.54) is 0 Å². The van der Waals surface area contributed by atoms with Gasteiger partial charge in [0, 0.05) is 0 Å². The van der Waals surface area contributed by atoms with E-state index in [0.717, 1.165) is 6.61 Å². The Morgan fingerprint density at radius 2 is 2.50 bits per heavy atom. The number of ether oxygens (including phenoxy) is 1. The van der Waals surface area contributed by atoms with Crippen molar-refractivity contribution >= 4 is 0 Å². The highest BCUT2D eigenvalue weighted by molar-refractivity contribution is 4.85. The molecule has 2 heteroatoms. The first kappa shape index (κ1) is 4.09. The molecular weight excluding hydrogens is 80.0 g/mol. The van der Waals surface area contributed by atoms with Gasteiger partial charge in [0.15, 0.2) is 0 Å². The molecule has 36 valence electrons. The lowest BCUT2D eigenvalue weighted by Gasteiger charge is -1.91. The number of epoxide rings is 1. The third-order valence-electron chi connectivity index (χ3n) is 0.972. The molecule has 0 aromatic rings. The van der Waals surface area contributed by atoms with Gasteiger partial charge < -0.3 is 9.84 Å². The summed E-state index contributed by atoms with van der Waals surface area (Å²) in [5.74, 6) is 0. The van der Waals surface area contributed by atoms with Crippen LogP contribution in [0.5, 0.6) is 0 Å². The number of hydrogen-bond donors (Lipinski definition) is 1. The Morgan fingerprint density at radius 1 is 2.00 bits per heavy atom. The Bertz CT molecular complexity index is 56.6. The SMILES string of the molecule is C[C@]1(CO)CO1. The van der Waals surface area contributed by atoms with Crippen molar-refractivity contribution < 1.29 is 9.84 Å². The molecule has 1 saturated heterocycles. The van der Waals surface area contributed by atoms with Gasteiger partial charge in [0.2, 0.25) is 0 Å². The zero-order valence-electron chi connectivity index (χ0n) is 3.77. The van der Waals surface area contributed by atoms with Crippen LogP contribution < -0.4 is 0 Å². The van der Waals surface area contributed by atoms with E-state index in [1.54, 1.807) is 0 Å². The largest absolute Gasteiger partial charge is 0.393 e. The second-order valence-electron chi connectivity index (χ2n) is 1.90. The second-order valence-corrected chi connectivity index (χ2v) is 1.90. The Balaban J connectivity index is 2.28. The van der Waals surface area contributed by atoms with E-state index in [1.807, 2.05) is 6.92 Å². The summed E-state index contributed by atoms with van der Waals surface area (Å²) >= 11 is 0. The maximum Gasteiger partial charge on any atom is 0.112 e. The van der Waals surface area contributed by atoms with Crippen LogP contribution in [0.15, 0.2) is 0 Å². The summed E-state index contributed by atoms with van der Waals surface area (Å²) < 4.78 is 4.80. The number of aliphatic hydroxyl groups excluding tert-OH is 1. The average molecular weight is 88.1 g/mol. The van der Waals surface area contributed by atoms with Crippen LogP contribution in [-0.4, -0.2) is 23.9 Å². The van der Waals surface area contributed by atoms with Gasteiger partial charge in [-0.3, -0.25) is 0 Å². The fourth-order valence-corrected chi connectivity index (χ4v) is 0.214. The van der Waals surface area contributed by atoms with Crippen LogP contribution >= 0.6 is 0 Å². The summed E-state index contributed by atoms with van der Waals surface area (Å²) in [5.41, 5.74) is -0.153. The molecule has 0 aromatic carbocycles. The van der Waals surface area contributed by atoms with E-state index in [0.29, 0.717) is 0 Å². The maximum absolute atomic E-state index is 8.34. The third-order valence-corrected chi connectivity index (χ3v) is 0.972. The minimum Gasteiger partial charge on any atom is -0.393 e. The molecule has 0 radical (unpaired) electrons. The van der Waals surface area contributed by atoms with E-state index >= 15 is 0 Å². The minimum absolute atomic E-state index is 0.153. The van der Waals surface area contributed by atoms with E-state index in [-0.39, 0.29) is 12.2 Å². The minimum atomic E-state index is -0.153. The van der Waals surface area contributed by atoms with Crippen LogP contribution in [0.1, 0.15) is 6.92 Å². The summed E-state index contributed by atoms with van der Waals surface area (Å²) in [6.45, 7) is 2.77. The predicted molar refractivity (Wildman–Crippen MR) is 21.4 cm³/mol. The molecule has 0 aliphatic carbocycles. The molecule has 1 fully saturated rings. The lowest BCUT2D eigenvalue weighted by atomic mass is 10.2. The van der Waals surface area contributed by atoms with Gasteiger partial charge in [-0.25, -0.2) is 0 Å². The molecule has 0 unspecified atom stereocenters. The molecule has 0 aromatic heterocycles. The number of hydrogen-bond acceptors (Lipinski definition) is 2. The first-order chi connectivity index (χ1) is 2.77. The summed E-state index contributed by atoms with van der Waals surface area (Å²) in [6.07, 6.45) is 0. The molecule has 1 heterocycles. The molecule has 1 aliphatic heterocycles. The Kier molecular flexibility index (Phi) is 0.648. The Labute approximate surface area is 36.7 Å². The van der Waals surface area contributed by atoms with Crippen molar-refractivity contribution in [1.29, 1.82) is 0 Å². The number of rotatable bonds is 1. The molecule has 1 N–H and O–H groups in total. The number of aliphatic hydroxyl groups is 1. The van der Waals surface area contributed by atoms with E-state index in [4.69, 9.17) is 9.84 Å². The van der Waals surface area contributed by atoms with Crippen molar-refractivity contribution in [3.8, 4) is 0 Å². The first-order valence-electron chi connectivity index (χ1n) is 2.02. The maximum atomic E-state index is 8.34. The molecule has 1 atom stereocenters. The van der Waals surface area contributed by atoms with E-state index in [2.05, 4.69) is 0 Å². The Morgan fingerprint density at radius 3 is 2.50 bits per heavy atom. The summed E-state index contributed by atoms with van der Waals surface area (Å²) in [6, 6.07) is 0. The van der Waals surface area contributed by atoms with Crippen LogP contribution in [0.4, 0.5) is 0 Å². The molecule has 6 heavy (non-hydrogen) atoms. The molecule has 0 amide bonds. The van der Waals surface area contributed by atoms with Gasteiger partial charge in [0.25, 0.3) is 0 Å². The molecule has 1 rings (SSSR count). The molecule has 2 nitrogen and oxygen atoms in total. The van der Waals surface area contributed by atoms with Gasteiger partial charge in [-0.15, -0.1) is 0 Å². The van der Waals surface area contributed by atoms with Gasteiger partial charge in [0.05, 0.1) is 13.2 Å². The molecular formula is C4H8O2. The Hall–Kier alpha value is -0.0800.